The highest BCUT2D eigenvalue weighted by Gasteiger charge is 2.16. The zero-order chi connectivity index (χ0) is 16.0. The molecular weight excluding hydrogens is 292 g/mol. The molecule has 0 fully saturated rings. The fourth-order valence-electron chi connectivity index (χ4n) is 1.76. The number of benzene rings is 1. The summed E-state index contributed by atoms with van der Waals surface area (Å²) in [6.45, 7) is 4.90. The van der Waals surface area contributed by atoms with E-state index in [1.165, 1.54) is 12.1 Å². The van der Waals surface area contributed by atoms with E-state index >= 15 is 0 Å². The van der Waals surface area contributed by atoms with Gasteiger partial charge in [0.2, 0.25) is 0 Å². The molecule has 1 aromatic carbocycles. The fourth-order valence-corrected chi connectivity index (χ4v) is 2.24. The SMILES string of the molecule is CC1N(C)C=CN1CCO.Cc1ccc(S(=O)(=O)O)cc1. The van der Waals surface area contributed by atoms with Crippen molar-refractivity contribution in [2.24, 2.45) is 0 Å². The molecule has 2 N–H and O–H groups in total. The van der Waals surface area contributed by atoms with E-state index in [9.17, 15) is 8.42 Å². The monoisotopic (exact) mass is 314 g/mol. The second-order valence-corrected chi connectivity index (χ2v) is 6.27. The molecule has 2 rings (SSSR count). The van der Waals surface area contributed by atoms with E-state index in [0.717, 1.165) is 12.1 Å². The smallest absolute Gasteiger partial charge is 0.294 e. The Bertz CT molecular complexity index is 569. The van der Waals surface area contributed by atoms with Gasteiger partial charge in [-0.05, 0) is 26.0 Å². The number of nitrogens with zero attached hydrogens (tertiary/aromatic N) is 2. The summed E-state index contributed by atoms with van der Waals surface area (Å²) in [6.07, 6.45) is 4.41. The first-order valence-electron chi connectivity index (χ1n) is 6.56. The number of hydrogen-bond acceptors (Lipinski definition) is 5. The van der Waals surface area contributed by atoms with Gasteiger partial charge in [-0.15, -0.1) is 0 Å². The van der Waals surface area contributed by atoms with Crippen molar-refractivity contribution in [2.75, 3.05) is 20.2 Å². The second-order valence-electron chi connectivity index (χ2n) is 4.85. The number of aryl methyl sites for hydroxylation is 1. The molecule has 0 saturated heterocycles. The molecule has 0 bridgehead atoms. The van der Waals surface area contributed by atoms with Gasteiger partial charge < -0.3 is 14.9 Å². The molecule has 0 amide bonds. The molecule has 0 radical (unpaired) electrons. The van der Waals surface area contributed by atoms with Crippen molar-refractivity contribution < 1.29 is 18.1 Å². The summed E-state index contributed by atoms with van der Waals surface area (Å²) >= 11 is 0. The molecule has 0 spiro atoms. The van der Waals surface area contributed by atoms with Gasteiger partial charge in [-0.2, -0.15) is 8.42 Å². The lowest BCUT2D eigenvalue weighted by molar-refractivity contribution is 0.159. The Hall–Kier alpha value is -1.57. The summed E-state index contributed by atoms with van der Waals surface area (Å²) in [7, 11) is -1.99. The molecule has 0 aliphatic carbocycles. The molecule has 1 aliphatic heterocycles. The van der Waals surface area contributed by atoms with Gasteiger partial charge in [0, 0.05) is 26.0 Å². The molecule has 0 saturated carbocycles. The van der Waals surface area contributed by atoms with Gasteiger partial charge in [0.15, 0.2) is 0 Å². The van der Waals surface area contributed by atoms with Crippen LogP contribution in [0.5, 0.6) is 0 Å². The molecule has 1 aliphatic rings. The minimum atomic E-state index is -4.02. The summed E-state index contributed by atoms with van der Waals surface area (Å²) in [5, 5.41) is 8.64. The van der Waals surface area contributed by atoms with Crippen LogP contribution in [-0.2, 0) is 10.1 Å². The van der Waals surface area contributed by atoms with Gasteiger partial charge in [-0.25, -0.2) is 0 Å². The van der Waals surface area contributed by atoms with Crippen LogP contribution >= 0.6 is 0 Å². The van der Waals surface area contributed by atoms with Gasteiger partial charge in [0.1, 0.15) is 0 Å². The predicted molar refractivity (Wildman–Crippen MR) is 81.2 cm³/mol. The van der Waals surface area contributed by atoms with Crippen LogP contribution in [0.4, 0.5) is 0 Å². The van der Waals surface area contributed by atoms with Crippen LogP contribution in [0.3, 0.4) is 0 Å². The van der Waals surface area contributed by atoms with E-state index in [-0.39, 0.29) is 11.5 Å². The van der Waals surface area contributed by atoms with Crippen LogP contribution in [0.25, 0.3) is 0 Å². The predicted octanol–water partition coefficient (Wildman–Crippen LogP) is 1.29. The Kier molecular flexibility index (Phi) is 6.19. The average molecular weight is 314 g/mol. The molecule has 1 heterocycles. The molecule has 7 heteroatoms. The number of hydrogen-bond donors (Lipinski definition) is 2. The standard InChI is InChI=1S/C7H14N2O.C7H8O3S/c1-7-8(2)3-4-9(7)5-6-10;1-6-2-4-7(5-3-6)11(8,9)10/h3-4,7,10H,5-6H2,1-2H3;2-5H,1H3,(H,8,9,10). The van der Waals surface area contributed by atoms with E-state index in [1.807, 2.05) is 26.4 Å². The topological polar surface area (TPSA) is 81.1 Å². The molecule has 6 nitrogen and oxygen atoms in total. The van der Waals surface area contributed by atoms with Crippen molar-refractivity contribution in [3.63, 3.8) is 0 Å². The first kappa shape index (κ1) is 17.5. The van der Waals surface area contributed by atoms with Crippen molar-refractivity contribution in [2.45, 2.75) is 24.9 Å². The van der Waals surface area contributed by atoms with Crippen molar-refractivity contribution in [1.82, 2.24) is 9.80 Å². The largest absolute Gasteiger partial charge is 0.395 e. The van der Waals surface area contributed by atoms with E-state index < -0.39 is 10.1 Å². The lowest BCUT2D eigenvalue weighted by Crippen LogP contribution is -2.35. The maximum atomic E-state index is 10.5. The maximum Gasteiger partial charge on any atom is 0.294 e. The highest BCUT2D eigenvalue weighted by Crippen LogP contribution is 2.11. The summed E-state index contributed by atoms with van der Waals surface area (Å²) in [5.41, 5.74) is 0.956. The van der Waals surface area contributed by atoms with Gasteiger partial charge in [0.05, 0.1) is 17.7 Å². The summed E-state index contributed by atoms with van der Waals surface area (Å²) < 4.78 is 29.6. The molecule has 118 valence electrons. The van der Waals surface area contributed by atoms with Gasteiger partial charge in [-0.3, -0.25) is 4.55 Å². The minimum absolute atomic E-state index is 0.0666. The minimum Gasteiger partial charge on any atom is -0.395 e. The Morgan fingerprint density at radius 3 is 2.14 bits per heavy atom. The number of β-amino-alcohol motifs (C(OH)–C–C–N with tert-alkyl or cyclic N) is 1. The third-order valence-electron chi connectivity index (χ3n) is 3.24. The summed E-state index contributed by atoms with van der Waals surface area (Å²) in [4.78, 5) is 4.14. The summed E-state index contributed by atoms with van der Waals surface area (Å²) in [6, 6.07) is 5.99. The van der Waals surface area contributed by atoms with E-state index in [2.05, 4.69) is 16.7 Å². The quantitative estimate of drug-likeness (QED) is 0.818. The van der Waals surface area contributed by atoms with Crippen LogP contribution < -0.4 is 0 Å². The van der Waals surface area contributed by atoms with Gasteiger partial charge in [-0.1, -0.05) is 17.7 Å². The number of aliphatic hydroxyl groups is 1. The van der Waals surface area contributed by atoms with Crippen LogP contribution in [0, 0.1) is 6.92 Å². The Morgan fingerprint density at radius 1 is 1.19 bits per heavy atom. The third kappa shape index (κ3) is 5.37. The average Bonchev–Trinajstić information content (AvgIpc) is 2.71. The molecule has 1 atom stereocenters. The van der Waals surface area contributed by atoms with Crippen LogP contribution in [0.2, 0.25) is 0 Å². The molecule has 1 aromatic rings. The highest BCUT2D eigenvalue weighted by atomic mass is 32.2. The molecule has 1 unspecified atom stereocenters. The fraction of sp³-hybridized carbons (Fsp3) is 0.429. The van der Waals surface area contributed by atoms with Crippen molar-refractivity contribution in [1.29, 1.82) is 0 Å². The Morgan fingerprint density at radius 2 is 1.76 bits per heavy atom. The Labute approximate surface area is 126 Å². The first-order chi connectivity index (χ1) is 9.75. The van der Waals surface area contributed by atoms with Crippen molar-refractivity contribution in [3.05, 3.63) is 42.2 Å². The maximum absolute atomic E-state index is 10.5. The highest BCUT2D eigenvalue weighted by molar-refractivity contribution is 7.85. The summed E-state index contributed by atoms with van der Waals surface area (Å²) in [5.74, 6) is 0. The van der Waals surface area contributed by atoms with Crippen LogP contribution in [0.15, 0.2) is 41.6 Å². The van der Waals surface area contributed by atoms with Gasteiger partial charge >= 0.3 is 0 Å². The normalized spacial score (nSPS) is 17.7. The number of aliphatic hydroxyl groups excluding tert-OH is 1. The molecular formula is C14H22N2O4S. The lowest BCUT2D eigenvalue weighted by Gasteiger charge is -2.26. The van der Waals surface area contributed by atoms with Crippen molar-refractivity contribution >= 4 is 10.1 Å². The molecule has 0 aromatic heterocycles. The Balaban J connectivity index is 0.000000211. The van der Waals surface area contributed by atoms with E-state index in [4.69, 9.17) is 9.66 Å². The van der Waals surface area contributed by atoms with Crippen LogP contribution in [0.1, 0.15) is 12.5 Å². The van der Waals surface area contributed by atoms with E-state index in [1.54, 1.807) is 12.1 Å². The second kappa shape index (κ2) is 7.44. The van der Waals surface area contributed by atoms with Crippen LogP contribution in [-0.4, -0.2) is 54.2 Å². The lowest BCUT2D eigenvalue weighted by atomic mass is 10.2. The first-order valence-corrected chi connectivity index (χ1v) is 8.00. The third-order valence-corrected chi connectivity index (χ3v) is 4.11. The van der Waals surface area contributed by atoms with Gasteiger partial charge in [0.25, 0.3) is 10.1 Å². The zero-order valence-electron chi connectivity index (χ0n) is 12.5. The zero-order valence-corrected chi connectivity index (χ0v) is 13.3. The van der Waals surface area contributed by atoms with E-state index in [0.29, 0.717) is 6.17 Å². The number of rotatable bonds is 3. The van der Waals surface area contributed by atoms with Crippen molar-refractivity contribution in [3.8, 4) is 0 Å². The molecule has 21 heavy (non-hydrogen) atoms.